The number of benzene rings is 1. The number of hydrogen-bond donors (Lipinski definition) is 2. The van der Waals surface area contributed by atoms with E-state index in [1.54, 1.807) is 6.92 Å². The quantitative estimate of drug-likeness (QED) is 0.506. The van der Waals surface area contributed by atoms with Gasteiger partial charge in [-0.25, -0.2) is 0 Å². The number of nitro groups is 1. The lowest BCUT2D eigenvalue weighted by Gasteiger charge is -2.33. The van der Waals surface area contributed by atoms with Gasteiger partial charge in [0, 0.05) is 29.8 Å². The lowest BCUT2D eigenvalue weighted by molar-refractivity contribution is -0.385. The Balaban J connectivity index is 2.21. The Hall–Kier alpha value is -2.48. The van der Waals surface area contributed by atoms with Gasteiger partial charge < -0.3 is 9.97 Å². The van der Waals surface area contributed by atoms with E-state index < -0.39 is 16.0 Å². The minimum Gasteiger partial charge on any atom is -0.316 e. The SMILES string of the molecule is Cc1c([N+](=O)[O-])cc2[nH]c(=O)c(=O)[nH]c2c1CN1CCCCC1C. The van der Waals surface area contributed by atoms with E-state index in [4.69, 9.17) is 0 Å². The Bertz CT molecular complexity index is 915. The second-order valence-corrected chi connectivity index (χ2v) is 6.40. The Morgan fingerprint density at radius 2 is 2.00 bits per heavy atom. The van der Waals surface area contributed by atoms with Gasteiger partial charge in [0.05, 0.1) is 16.0 Å². The van der Waals surface area contributed by atoms with Crippen molar-refractivity contribution in [2.45, 2.75) is 45.7 Å². The van der Waals surface area contributed by atoms with Gasteiger partial charge in [0.2, 0.25) is 0 Å². The van der Waals surface area contributed by atoms with E-state index in [1.165, 1.54) is 12.5 Å². The molecular formula is C16H20N4O4. The molecule has 0 radical (unpaired) electrons. The van der Waals surface area contributed by atoms with Gasteiger partial charge in [-0.15, -0.1) is 0 Å². The van der Waals surface area contributed by atoms with Crippen molar-refractivity contribution in [1.29, 1.82) is 0 Å². The number of nitro benzene ring substituents is 1. The minimum atomic E-state index is -0.807. The standard InChI is InChI=1S/C16H20N4O4/c1-9-5-3-4-6-19(9)8-11-10(2)13(20(23)24)7-12-14(11)18-16(22)15(21)17-12/h7,9H,3-6,8H2,1-2H3,(H,17,21)(H,18,22). The Morgan fingerprint density at radius 3 is 2.67 bits per heavy atom. The molecule has 3 rings (SSSR count). The summed E-state index contributed by atoms with van der Waals surface area (Å²) in [6, 6.07) is 1.69. The van der Waals surface area contributed by atoms with Crippen molar-refractivity contribution < 1.29 is 4.92 Å². The van der Waals surface area contributed by atoms with Crippen molar-refractivity contribution in [2.75, 3.05) is 6.54 Å². The Kier molecular flexibility index (Phi) is 4.23. The summed E-state index contributed by atoms with van der Waals surface area (Å²) in [5, 5.41) is 11.4. The second-order valence-electron chi connectivity index (χ2n) is 6.40. The van der Waals surface area contributed by atoms with E-state index in [1.807, 2.05) is 0 Å². The van der Waals surface area contributed by atoms with Crippen LogP contribution in [-0.2, 0) is 6.54 Å². The van der Waals surface area contributed by atoms with E-state index in [-0.39, 0.29) is 11.2 Å². The molecule has 1 aliphatic heterocycles. The number of aromatic nitrogens is 2. The van der Waals surface area contributed by atoms with Crippen molar-refractivity contribution in [2.24, 2.45) is 0 Å². The average molecular weight is 332 g/mol. The van der Waals surface area contributed by atoms with E-state index in [9.17, 15) is 19.7 Å². The summed E-state index contributed by atoms with van der Waals surface area (Å²) in [5.41, 5.74) is 0.373. The molecule has 128 valence electrons. The molecule has 0 saturated carbocycles. The summed E-state index contributed by atoms with van der Waals surface area (Å²) < 4.78 is 0. The monoisotopic (exact) mass is 332 g/mol. The van der Waals surface area contributed by atoms with Gasteiger partial charge in [-0.2, -0.15) is 0 Å². The Morgan fingerprint density at radius 1 is 1.29 bits per heavy atom. The topological polar surface area (TPSA) is 112 Å². The van der Waals surface area contributed by atoms with E-state index in [0.29, 0.717) is 29.2 Å². The van der Waals surface area contributed by atoms with Gasteiger partial charge in [0.25, 0.3) is 5.69 Å². The summed E-state index contributed by atoms with van der Waals surface area (Å²) in [5.74, 6) is 0. The van der Waals surface area contributed by atoms with Gasteiger partial charge in [0.15, 0.2) is 0 Å². The summed E-state index contributed by atoms with van der Waals surface area (Å²) in [6.45, 7) is 5.25. The number of hydrogen-bond acceptors (Lipinski definition) is 5. The predicted octanol–water partition coefficient (Wildman–Crippen LogP) is 1.81. The van der Waals surface area contributed by atoms with Crippen LogP contribution in [0, 0.1) is 17.0 Å². The maximum absolute atomic E-state index is 11.7. The molecule has 0 aliphatic carbocycles. The van der Waals surface area contributed by atoms with Crippen LogP contribution in [0.15, 0.2) is 15.7 Å². The van der Waals surface area contributed by atoms with Crippen LogP contribution >= 0.6 is 0 Å². The van der Waals surface area contributed by atoms with Crippen molar-refractivity contribution >= 4 is 16.7 Å². The van der Waals surface area contributed by atoms with E-state index in [0.717, 1.165) is 19.4 Å². The van der Waals surface area contributed by atoms with Crippen molar-refractivity contribution in [3.63, 3.8) is 0 Å². The largest absolute Gasteiger partial charge is 0.316 e. The highest BCUT2D eigenvalue weighted by Gasteiger charge is 2.24. The smallest absolute Gasteiger partial charge is 0.314 e. The van der Waals surface area contributed by atoms with Gasteiger partial charge in [0.1, 0.15) is 0 Å². The average Bonchev–Trinajstić information content (AvgIpc) is 2.53. The number of H-pyrrole nitrogens is 2. The fourth-order valence-corrected chi connectivity index (χ4v) is 3.40. The lowest BCUT2D eigenvalue weighted by atomic mass is 9.99. The molecule has 0 bridgehead atoms. The molecule has 24 heavy (non-hydrogen) atoms. The zero-order chi connectivity index (χ0) is 17.4. The van der Waals surface area contributed by atoms with E-state index >= 15 is 0 Å². The number of fused-ring (bicyclic) bond motifs is 1. The van der Waals surface area contributed by atoms with Crippen LogP contribution in [0.1, 0.15) is 37.3 Å². The molecule has 0 amide bonds. The summed E-state index contributed by atoms with van der Waals surface area (Å²) in [7, 11) is 0. The summed E-state index contributed by atoms with van der Waals surface area (Å²) in [6.07, 6.45) is 3.35. The lowest BCUT2D eigenvalue weighted by Crippen LogP contribution is -2.37. The first-order valence-corrected chi connectivity index (χ1v) is 8.05. The zero-order valence-corrected chi connectivity index (χ0v) is 13.7. The second kappa shape index (κ2) is 6.20. The van der Waals surface area contributed by atoms with Gasteiger partial charge in [-0.3, -0.25) is 24.6 Å². The van der Waals surface area contributed by atoms with Gasteiger partial charge in [-0.1, -0.05) is 6.42 Å². The number of rotatable bonds is 3. The van der Waals surface area contributed by atoms with Crippen LogP contribution in [0.4, 0.5) is 5.69 Å². The highest BCUT2D eigenvalue weighted by molar-refractivity contribution is 5.82. The number of nitrogens with zero attached hydrogens (tertiary/aromatic N) is 2. The minimum absolute atomic E-state index is 0.0511. The van der Waals surface area contributed by atoms with Crippen molar-refractivity contribution in [3.05, 3.63) is 48.0 Å². The first-order chi connectivity index (χ1) is 11.4. The third-order valence-electron chi connectivity index (χ3n) is 4.88. The molecular weight excluding hydrogens is 312 g/mol. The molecule has 1 atom stereocenters. The molecule has 8 nitrogen and oxygen atoms in total. The molecule has 8 heteroatoms. The van der Waals surface area contributed by atoms with Crippen molar-refractivity contribution in [1.82, 2.24) is 14.9 Å². The van der Waals surface area contributed by atoms with Gasteiger partial charge >= 0.3 is 11.1 Å². The maximum Gasteiger partial charge on any atom is 0.314 e. The Labute approximate surface area is 137 Å². The molecule has 1 aliphatic rings. The molecule has 1 aromatic heterocycles. The van der Waals surface area contributed by atoms with Gasteiger partial charge in [-0.05, 0) is 33.2 Å². The molecule has 1 fully saturated rings. The number of nitrogens with one attached hydrogen (secondary N) is 2. The highest BCUT2D eigenvalue weighted by Crippen LogP contribution is 2.30. The fraction of sp³-hybridized carbons (Fsp3) is 0.500. The zero-order valence-electron chi connectivity index (χ0n) is 13.7. The van der Waals surface area contributed by atoms with Crippen LogP contribution in [0.2, 0.25) is 0 Å². The summed E-state index contributed by atoms with van der Waals surface area (Å²) in [4.78, 5) is 41.5. The third kappa shape index (κ3) is 2.84. The normalized spacial score (nSPS) is 18.8. The molecule has 0 spiro atoms. The molecule has 2 aromatic rings. The van der Waals surface area contributed by atoms with Crippen LogP contribution in [0.3, 0.4) is 0 Å². The first kappa shape index (κ1) is 16.4. The number of aromatic amines is 2. The van der Waals surface area contributed by atoms with Crippen LogP contribution in [0.25, 0.3) is 11.0 Å². The summed E-state index contributed by atoms with van der Waals surface area (Å²) >= 11 is 0. The van der Waals surface area contributed by atoms with Crippen LogP contribution in [-0.4, -0.2) is 32.4 Å². The molecule has 1 aromatic carbocycles. The van der Waals surface area contributed by atoms with Crippen molar-refractivity contribution in [3.8, 4) is 0 Å². The highest BCUT2D eigenvalue weighted by atomic mass is 16.6. The molecule has 1 unspecified atom stereocenters. The van der Waals surface area contributed by atoms with Crippen LogP contribution in [0.5, 0.6) is 0 Å². The predicted molar refractivity (Wildman–Crippen MR) is 90.3 cm³/mol. The van der Waals surface area contributed by atoms with Crippen LogP contribution < -0.4 is 11.1 Å². The first-order valence-electron chi connectivity index (χ1n) is 8.05. The fourth-order valence-electron chi connectivity index (χ4n) is 3.40. The van der Waals surface area contributed by atoms with E-state index in [2.05, 4.69) is 21.8 Å². The maximum atomic E-state index is 11.7. The number of piperidine rings is 1. The molecule has 1 saturated heterocycles. The molecule has 2 heterocycles. The third-order valence-corrected chi connectivity index (χ3v) is 4.88. The number of likely N-dealkylation sites (tertiary alicyclic amines) is 1. The molecule has 2 N–H and O–H groups in total.